The largest absolute Gasteiger partial charge is 0.307 e. The Morgan fingerprint density at radius 1 is 0.265 bits per heavy atom. The van der Waals surface area contributed by atoms with Crippen LogP contribution in [0.2, 0.25) is 0 Å². The molecule has 0 aliphatic rings. The molecule has 68 heavy (non-hydrogen) atoms. The average Bonchev–Trinajstić information content (AvgIpc) is 4.01. The summed E-state index contributed by atoms with van der Waals surface area (Å²) >= 11 is 0. The topological polar surface area (TPSA) is 43.5 Å². The van der Waals surface area contributed by atoms with E-state index in [9.17, 15) is 5.26 Å². The third kappa shape index (κ3) is 5.61. The van der Waals surface area contributed by atoms with E-state index in [-0.39, 0.29) is 0 Å². The normalized spacial score (nSPS) is 12.1. The summed E-state index contributed by atoms with van der Waals surface area (Å²) in [4.78, 5) is 0. The van der Waals surface area contributed by atoms with Crippen LogP contribution in [0.4, 0.5) is 0 Å². The molecule has 0 unspecified atom stereocenters. The Morgan fingerprint density at radius 3 is 0.647 bits per heavy atom. The minimum Gasteiger partial charge on any atom is -0.307 e. The molecule has 0 radical (unpaired) electrons. The molecule has 0 bridgehead atoms. The Balaban J connectivity index is 1.35. The molecule has 13 aromatic rings. The summed E-state index contributed by atoms with van der Waals surface area (Å²) in [5.41, 5.74) is 22.2. The van der Waals surface area contributed by atoms with Crippen LogP contribution in [0.5, 0.6) is 0 Å². The fourth-order valence-electron chi connectivity index (χ4n) is 11.5. The number of nitriles is 1. The van der Waals surface area contributed by atoms with Gasteiger partial charge in [0.2, 0.25) is 0 Å². The van der Waals surface area contributed by atoms with Crippen LogP contribution in [0.1, 0.15) is 50.1 Å². The Labute approximate surface area is 394 Å². The SMILES string of the molecule is Cc1ccc2c(c1)c1cc(C)ccc1n2-c1cc(-n2c3ccc(C)cc3c3cc(C)ccc32)c(-n2c3ccc(C)cc3c3cc(C)ccc32)c(C#N)c1-n1c2ccc(C)cc2c2cc(C)ccc21. The van der Waals surface area contributed by atoms with E-state index in [1.54, 1.807) is 0 Å². The molecule has 0 saturated carbocycles. The molecule has 0 aliphatic carbocycles. The second-order valence-electron chi connectivity index (χ2n) is 19.6. The van der Waals surface area contributed by atoms with Gasteiger partial charge in [-0.25, -0.2) is 0 Å². The van der Waals surface area contributed by atoms with Crippen molar-refractivity contribution in [2.24, 2.45) is 0 Å². The van der Waals surface area contributed by atoms with Crippen molar-refractivity contribution >= 4 is 87.2 Å². The van der Waals surface area contributed by atoms with Gasteiger partial charge in [-0.05, 0) is 159 Å². The van der Waals surface area contributed by atoms with Crippen LogP contribution in [-0.2, 0) is 0 Å². The zero-order valence-corrected chi connectivity index (χ0v) is 39.7. The van der Waals surface area contributed by atoms with Crippen molar-refractivity contribution in [2.45, 2.75) is 55.4 Å². The Kier molecular flexibility index (Phi) is 8.43. The lowest BCUT2D eigenvalue weighted by Crippen LogP contribution is -2.13. The first-order valence-corrected chi connectivity index (χ1v) is 23.6. The van der Waals surface area contributed by atoms with Gasteiger partial charge in [-0.2, -0.15) is 5.26 Å². The van der Waals surface area contributed by atoms with Crippen LogP contribution in [0.3, 0.4) is 0 Å². The molecule has 326 valence electrons. The molecule has 4 heterocycles. The molecule has 0 atom stereocenters. The van der Waals surface area contributed by atoms with E-state index in [1.807, 2.05) is 0 Å². The van der Waals surface area contributed by atoms with E-state index in [2.05, 4.69) is 231 Å². The highest BCUT2D eigenvalue weighted by molar-refractivity contribution is 6.15. The standard InChI is InChI=1S/C63H49N5/c1-35-9-17-52-43(25-35)44-26-36(2)10-18-53(44)65(52)60-33-61(66-54-19-11-37(3)27-45(54)46-28-38(4)12-20-55(46)66)63(68-58-23-15-41(7)31-49(58)50-32-42(8)16-24-59(50)68)51(34-64)62(60)67-56-21-13-39(5)29-47(56)48-30-40(6)14-22-57(48)67/h9-33H,1-8H3. The Morgan fingerprint density at radius 2 is 0.456 bits per heavy atom. The molecule has 0 spiro atoms. The van der Waals surface area contributed by atoms with Gasteiger partial charge in [0.05, 0.1) is 66.9 Å². The maximum Gasteiger partial charge on any atom is 0.104 e. The number of fused-ring (bicyclic) bond motifs is 12. The van der Waals surface area contributed by atoms with Gasteiger partial charge in [0.15, 0.2) is 0 Å². The van der Waals surface area contributed by atoms with Gasteiger partial charge >= 0.3 is 0 Å². The summed E-state index contributed by atoms with van der Waals surface area (Å²) < 4.78 is 9.67. The van der Waals surface area contributed by atoms with Gasteiger partial charge in [0.25, 0.3) is 0 Å². The predicted octanol–water partition coefficient (Wildman–Crippen LogP) is 16.4. The van der Waals surface area contributed by atoms with Crippen LogP contribution < -0.4 is 0 Å². The van der Waals surface area contributed by atoms with Gasteiger partial charge in [-0.3, -0.25) is 0 Å². The molecular weight excluding hydrogens is 827 g/mol. The maximum atomic E-state index is 12.5. The highest BCUT2D eigenvalue weighted by Gasteiger charge is 2.31. The molecule has 0 aliphatic heterocycles. The predicted molar refractivity (Wildman–Crippen MR) is 286 cm³/mol. The van der Waals surface area contributed by atoms with Gasteiger partial charge in [0.1, 0.15) is 11.6 Å². The van der Waals surface area contributed by atoms with Crippen molar-refractivity contribution in [3.63, 3.8) is 0 Å². The van der Waals surface area contributed by atoms with Gasteiger partial charge in [0, 0.05) is 43.1 Å². The number of rotatable bonds is 4. The van der Waals surface area contributed by atoms with Crippen molar-refractivity contribution in [1.29, 1.82) is 5.26 Å². The van der Waals surface area contributed by atoms with E-state index >= 15 is 0 Å². The highest BCUT2D eigenvalue weighted by Crippen LogP contribution is 2.47. The number of hydrogen-bond acceptors (Lipinski definition) is 1. The molecule has 13 rings (SSSR count). The van der Waals surface area contributed by atoms with Crippen LogP contribution in [0, 0.1) is 66.7 Å². The number of benzene rings is 9. The Hall–Kier alpha value is -8.33. The van der Waals surface area contributed by atoms with Crippen molar-refractivity contribution in [2.75, 3.05) is 0 Å². The maximum absolute atomic E-state index is 12.5. The first-order valence-electron chi connectivity index (χ1n) is 23.6. The highest BCUT2D eigenvalue weighted by atomic mass is 15.1. The Bertz CT molecular complexity index is 3910. The van der Waals surface area contributed by atoms with Crippen molar-refractivity contribution in [1.82, 2.24) is 18.3 Å². The minimum atomic E-state index is 0.584. The minimum absolute atomic E-state index is 0.584. The van der Waals surface area contributed by atoms with Crippen LogP contribution in [0.15, 0.2) is 152 Å². The average molecular weight is 876 g/mol. The fraction of sp³-hybridized carbons (Fsp3) is 0.127. The van der Waals surface area contributed by atoms with Crippen molar-refractivity contribution in [3.05, 3.63) is 202 Å². The summed E-state index contributed by atoms with van der Waals surface area (Å²) in [6, 6.07) is 59.7. The van der Waals surface area contributed by atoms with Crippen LogP contribution in [0.25, 0.3) is 110 Å². The summed E-state index contributed by atoms with van der Waals surface area (Å²) in [7, 11) is 0. The second-order valence-corrected chi connectivity index (χ2v) is 19.6. The van der Waals surface area contributed by atoms with E-state index in [1.165, 1.54) is 66.1 Å². The smallest absolute Gasteiger partial charge is 0.104 e. The fourth-order valence-corrected chi connectivity index (χ4v) is 11.5. The number of nitrogens with zero attached hydrogens (tertiary/aromatic N) is 5. The molecule has 4 aromatic heterocycles. The molecule has 0 N–H and O–H groups in total. The first kappa shape index (κ1) is 40.0. The first-order chi connectivity index (χ1) is 32.9. The van der Waals surface area contributed by atoms with Crippen molar-refractivity contribution < 1.29 is 0 Å². The quantitative estimate of drug-likeness (QED) is 0.174. The lowest BCUT2D eigenvalue weighted by atomic mass is 10.0. The third-order valence-electron chi connectivity index (χ3n) is 14.6. The van der Waals surface area contributed by atoms with Gasteiger partial charge in [-0.15, -0.1) is 0 Å². The van der Waals surface area contributed by atoms with E-state index in [4.69, 9.17) is 0 Å². The summed E-state index contributed by atoms with van der Waals surface area (Å²) in [6.45, 7) is 17.4. The number of aryl methyl sites for hydroxylation is 8. The molecule has 0 saturated heterocycles. The third-order valence-corrected chi connectivity index (χ3v) is 14.6. The van der Waals surface area contributed by atoms with Gasteiger partial charge < -0.3 is 18.3 Å². The monoisotopic (exact) mass is 875 g/mol. The second kappa shape index (κ2) is 14.3. The molecule has 0 fully saturated rings. The van der Waals surface area contributed by atoms with Crippen molar-refractivity contribution in [3.8, 4) is 28.8 Å². The molecule has 9 aromatic carbocycles. The summed E-state index contributed by atoms with van der Waals surface area (Å²) in [6.07, 6.45) is 0. The van der Waals surface area contributed by atoms with E-state index in [0.29, 0.717) is 5.56 Å². The number of aromatic nitrogens is 4. The lowest BCUT2D eigenvalue weighted by molar-refractivity contribution is 1.03. The molecular formula is C63H49N5. The zero-order chi connectivity index (χ0) is 46.4. The molecule has 5 nitrogen and oxygen atoms in total. The van der Waals surface area contributed by atoms with E-state index < -0.39 is 0 Å². The molecule has 0 amide bonds. The molecule has 5 heteroatoms. The zero-order valence-electron chi connectivity index (χ0n) is 39.7. The van der Waals surface area contributed by atoms with Crippen LogP contribution >= 0.6 is 0 Å². The summed E-state index contributed by atoms with van der Waals surface area (Å²) in [5, 5.41) is 21.9. The summed E-state index contributed by atoms with van der Waals surface area (Å²) in [5.74, 6) is 0. The van der Waals surface area contributed by atoms with Gasteiger partial charge in [-0.1, -0.05) is 93.0 Å². The number of hydrogen-bond donors (Lipinski definition) is 0. The lowest BCUT2D eigenvalue weighted by Gasteiger charge is -2.25. The van der Waals surface area contributed by atoms with E-state index in [0.717, 1.165) is 88.4 Å². The van der Waals surface area contributed by atoms with Crippen LogP contribution in [-0.4, -0.2) is 18.3 Å².